The van der Waals surface area contributed by atoms with Crippen LogP contribution in [-0.4, -0.2) is 4.57 Å². The first-order valence-electron chi connectivity index (χ1n) is 6.98. The van der Waals surface area contributed by atoms with E-state index in [0.717, 1.165) is 0 Å². The van der Waals surface area contributed by atoms with Crippen LogP contribution in [0.4, 0.5) is 0 Å². The molecule has 0 spiro atoms. The van der Waals surface area contributed by atoms with Gasteiger partial charge in [0.25, 0.3) is 0 Å². The molecule has 0 amide bonds. The van der Waals surface area contributed by atoms with Crippen LogP contribution in [0.3, 0.4) is 0 Å². The number of thiophene rings is 2. The van der Waals surface area contributed by atoms with Gasteiger partial charge >= 0.3 is 0 Å². The highest BCUT2D eigenvalue weighted by atomic mass is 79.9. The van der Waals surface area contributed by atoms with Gasteiger partial charge in [-0.15, -0.1) is 22.7 Å². The van der Waals surface area contributed by atoms with Crippen LogP contribution in [0.1, 0.15) is 0 Å². The summed E-state index contributed by atoms with van der Waals surface area (Å²) < 4.78 is 6.26. The largest absolute Gasteiger partial charge is 0.300 e. The lowest BCUT2D eigenvalue weighted by atomic mass is 10.2. The average Bonchev–Trinajstić information content (AvgIpc) is 3.21. The van der Waals surface area contributed by atoms with Gasteiger partial charge in [-0.05, 0) is 39.5 Å². The van der Waals surface area contributed by atoms with E-state index in [-0.39, 0.29) is 0 Å². The Morgan fingerprint density at radius 3 is 2.09 bits per heavy atom. The van der Waals surface area contributed by atoms with E-state index in [1.807, 2.05) is 11.3 Å². The van der Waals surface area contributed by atoms with Crippen molar-refractivity contribution in [2.24, 2.45) is 0 Å². The molecule has 1 nitrogen and oxygen atoms in total. The Hall–Kier alpha value is -1.62. The zero-order chi connectivity index (χ0) is 14.7. The minimum Gasteiger partial charge on any atom is -0.300 e. The van der Waals surface area contributed by atoms with Gasteiger partial charge in [-0.25, -0.2) is 0 Å². The number of rotatable bonds is 1. The number of para-hydroxylation sites is 2. The molecule has 0 atom stereocenters. The van der Waals surface area contributed by atoms with Crippen LogP contribution >= 0.6 is 38.6 Å². The minimum atomic E-state index is 1.20. The molecule has 0 bridgehead atoms. The molecule has 5 rings (SSSR count). The van der Waals surface area contributed by atoms with Crippen molar-refractivity contribution in [1.29, 1.82) is 0 Å². The molecule has 0 fully saturated rings. The molecular formula is C18H10BrNS2. The van der Waals surface area contributed by atoms with Crippen molar-refractivity contribution in [3.8, 4) is 5.00 Å². The maximum atomic E-state index is 3.82. The zero-order valence-corrected chi connectivity index (χ0v) is 14.6. The predicted octanol–water partition coefficient (Wildman–Crippen LogP) is 6.82. The second-order valence-corrected chi connectivity index (χ2v) is 7.94. The highest BCUT2D eigenvalue weighted by Crippen LogP contribution is 2.44. The van der Waals surface area contributed by atoms with Crippen molar-refractivity contribution >= 4 is 69.8 Å². The molecule has 22 heavy (non-hydrogen) atoms. The molecule has 0 saturated carbocycles. The number of halogens is 1. The first kappa shape index (κ1) is 12.9. The maximum Gasteiger partial charge on any atom is 0.117 e. The van der Waals surface area contributed by atoms with E-state index >= 15 is 0 Å². The maximum absolute atomic E-state index is 3.82. The summed E-state index contributed by atoms with van der Waals surface area (Å²) in [7, 11) is 0. The van der Waals surface area contributed by atoms with Crippen LogP contribution in [-0.2, 0) is 0 Å². The topological polar surface area (TPSA) is 4.93 Å². The molecule has 0 aliphatic heterocycles. The van der Waals surface area contributed by atoms with Crippen molar-refractivity contribution in [2.75, 3.05) is 0 Å². The van der Waals surface area contributed by atoms with E-state index in [1.165, 1.54) is 40.7 Å². The predicted molar refractivity (Wildman–Crippen MR) is 102 cm³/mol. The Kier molecular flexibility index (Phi) is 2.74. The molecule has 0 aliphatic carbocycles. The first-order chi connectivity index (χ1) is 10.8. The third-order valence-corrected chi connectivity index (χ3v) is 7.50. The number of hydrogen-bond acceptors (Lipinski definition) is 2. The molecule has 0 aliphatic rings. The Morgan fingerprint density at radius 2 is 1.45 bits per heavy atom. The van der Waals surface area contributed by atoms with E-state index in [9.17, 15) is 0 Å². The third kappa shape index (κ3) is 1.63. The van der Waals surface area contributed by atoms with Gasteiger partial charge in [0.1, 0.15) is 5.00 Å². The van der Waals surface area contributed by atoms with Crippen molar-refractivity contribution in [1.82, 2.24) is 4.57 Å². The van der Waals surface area contributed by atoms with Gasteiger partial charge in [0.15, 0.2) is 0 Å². The Balaban J connectivity index is 2.01. The van der Waals surface area contributed by atoms with Crippen LogP contribution in [0.5, 0.6) is 0 Å². The second kappa shape index (κ2) is 4.69. The standard InChI is InChI=1S/C18H10BrNS2/c19-16-17-15(9-10-21-17)22-18(16)20-13-7-3-1-5-11(13)12-6-2-4-8-14(12)20/h1-10H. The molecule has 0 radical (unpaired) electrons. The van der Waals surface area contributed by atoms with Crippen LogP contribution in [0.2, 0.25) is 0 Å². The molecule has 5 aromatic rings. The minimum absolute atomic E-state index is 1.20. The summed E-state index contributed by atoms with van der Waals surface area (Å²) in [6.07, 6.45) is 0. The second-order valence-electron chi connectivity index (χ2n) is 5.20. The number of hydrogen-bond donors (Lipinski definition) is 0. The lowest BCUT2D eigenvalue weighted by Gasteiger charge is -2.05. The fourth-order valence-corrected chi connectivity index (χ4v) is 6.28. The Bertz CT molecular complexity index is 1090. The normalized spacial score (nSPS) is 11.9. The summed E-state index contributed by atoms with van der Waals surface area (Å²) in [4.78, 5) is 0. The SMILES string of the molecule is Brc1c(-n2c3ccccc3c3ccccc32)sc2ccsc12. The van der Waals surface area contributed by atoms with Gasteiger partial charge in [0.05, 0.1) is 20.2 Å². The summed E-state index contributed by atoms with van der Waals surface area (Å²) in [6, 6.07) is 19.5. The summed E-state index contributed by atoms with van der Waals surface area (Å²) in [5.74, 6) is 0. The Morgan fingerprint density at radius 1 is 0.818 bits per heavy atom. The zero-order valence-electron chi connectivity index (χ0n) is 11.4. The summed E-state index contributed by atoms with van der Waals surface area (Å²) in [5.41, 5.74) is 2.52. The highest BCUT2D eigenvalue weighted by molar-refractivity contribution is 9.10. The first-order valence-corrected chi connectivity index (χ1v) is 9.47. The number of nitrogens with zero attached hydrogens (tertiary/aromatic N) is 1. The smallest absolute Gasteiger partial charge is 0.117 e. The molecule has 106 valence electrons. The molecule has 0 saturated heterocycles. The lowest BCUT2D eigenvalue weighted by molar-refractivity contribution is 1.22. The van der Waals surface area contributed by atoms with E-state index in [4.69, 9.17) is 0 Å². The molecular weight excluding hydrogens is 374 g/mol. The van der Waals surface area contributed by atoms with Crippen LogP contribution in [0.25, 0.3) is 36.2 Å². The van der Waals surface area contributed by atoms with Crippen LogP contribution in [0, 0.1) is 0 Å². The third-order valence-electron chi connectivity index (χ3n) is 4.01. The molecule has 3 heterocycles. The summed E-state index contributed by atoms with van der Waals surface area (Å²) in [5, 5.41) is 6.03. The fraction of sp³-hybridized carbons (Fsp3) is 0. The van der Waals surface area contributed by atoms with Crippen LogP contribution < -0.4 is 0 Å². The molecule has 0 N–H and O–H groups in total. The number of benzene rings is 2. The van der Waals surface area contributed by atoms with E-state index in [0.29, 0.717) is 0 Å². The van der Waals surface area contributed by atoms with Gasteiger partial charge in [0, 0.05) is 15.5 Å². The van der Waals surface area contributed by atoms with Gasteiger partial charge in [-0.1, -0.05) is 36.4 Å². The number of fused-ring (bicyclic) bond motifs is 4. The fourth-order valence-electron chi connectivity index (χ4n) is 3.07. The lowest BCUT2D eigenvalue weighted by Crippen LogP contribution is -1.90. The van der Waals surface area contributed by atoms with Crippen molar-refractivity contribution in [3.63, 3.8) is 0 Å². The molecule has 0 unspecified atom stereocenters. The quantitative estimate of drug-likeness (QED) is 0.299. The monoisotopic (exact) mass is 383 g/mol. The van der Waals surface area contributed by atoms with E-state index in [2.05, 4.69) is 80.5 Å². The van der Waals surface area contributed by atoms with E-state index in [1.54, 1.807) is 11.3 Å². The molecule has 4 heteroatoms. The summed E-state index contributed by atoms with van der Waals surface area (Å²) >= 11 is 7.46. The van der Waals surface area contributed by atoms with Crippen LogP contribution in [0.15, 0.2) is 64.5 Å². The van der Waals surface area contributed by atoms with Crippen molar-refractivity contribution in [3.05, 3.63) is 64.5 Å². The van der Waals surface area contributed by atoms with Gasteiger partial charge in [-0.3, -0.25) is 4.57 Å². The molecule has 3 aromatic heterocycles. The average molecular weight is 384 g/mol. The Labute approximate surface area is 143 Å². The van der Waals surface area contributed by atoms with Gasteiger partial charge in [-0.2, -0.15) is 0 Å². The van der Waals surface area contributed by atoms with Crippen molar-refractivity contribution in [2.45, 2.75) is 0 Å². The molecule has 2 aromatic carbocycles. The van der Waals surface area contributed by atoms with Gasteiger partial charge in [0.2, 0.25) is 0 Å². The highest BCUT2D eigenvalue weighted by Gasteiger charge is 2.17. The van der Waals surface area contributed by atoms with E-state index < -0.39 is 0 Å². The summed E-state index contributed by atoms with van der Waals surface area (Å²) in [6.45, 7) is 0. The van der Waals surface area contributed by atoms with Gasteiger partial charge < -0.3 is 0 Å². The van der Waals surface area contributed by atoms with Crippen molar-refractivity contribution < 1.29 is 0 Å². The number of aromatic nitrogens is 1.